The molecule has 0 saturated carbocycles. The van der Waals surface area contributed by atoms with Gasteiger partial charge in [-0.15, -0.1) is 0 Å². The summed E-state index contributed by atoms with van der Waals surface area (Å²) in [5.41, 5.74) is 0.956. The largest absolute Gasteiger partial charge is 0.471 e. The fourth-order valence-electron chi connectivity index (χ4n) is 2.27. The third-order valence-electron chi connectivity index (χ3n) is 3.39. The van der Waals surface area contributed by atoms with Crippen molar-refractivity contribution in [2.45, 2.75) is 6.61 Å². The molecule has 3 rings (SSSR count). The number of halogens is 2. The van der Waals surface area contributed by atoms with E-state index in [0.717, 1.165) is 37.6 Å². The van der Waals surface area contributed by atoms with Crippen LogP contribution in [0.5, 0.6) is 5.88 Å². The highest BCUT2D eigenvalue weighted by molar-refractivity contribution is 6.30. The number of ether oxygens (including phenoxy) is 1. The number of rotatable bonds is 4. The Morgan fingerprint density at radius 3 is 2.82 bits per heavy atom. The van der Waals surface area contributed by atoms with Gasteiger partial charge in [0.25, 0.3) is 5.88 Å². The highest BCUT2D eigenvalue weighted by atomic mass is 35.5. The van der Waals surface area contributed by atoms with Crippen molar-refractivity contribution in [2.75, 3.05) is 31.1 Å². The van der Waals surface area contributed by atoms with Gasteiger partial charge in [0.05, 0.1) is 6.20 Å². The zero-order chi connectivity index (χ0) is 15.4. The third-order valence-corrected chi connectivity index (χ3v) is 3.89. The van der Waals surface area contributed by atoms with E-state index >= 15 is 0 Å². The lowest BCUT2D eigenvalue weighted by Gasteiger charge is -2.28. The molecule has 0 spiro atoms. The first-order chi connectivity index (χ1) is 10.7. The van der Waals surface area contributed by atoms with E-state index in [1.807, 2.05) is 24.3 Å². The first-order valence-electron chi connectivity index (χ1n) is 7.08. The quantitative estimate of drug-likeness (QED) is 0.928. The van der Waals surface area contributed by atoms with Gasteiger partial charge in [-0.2, -0.15) is 4.98 Å². The summed E-state index contributed by atoms with van der Waals surface area (Å²) in [6.07, 6.45) is 1.68. The molecule has 0 aliphatic carbocycles. The van der Waals surface area contributed by atoms with Crippen LogP contribution in [-0.4, -0.2) is 36.1 Å². The van der Waals surface area contributed by atoms with Crippen molar-refractivity contribution in [3.63, 3.8) is 0 Å². The second-order valence-corrected chi connectivity index (χ2v) is 5.77. The van der Waals surface area contributed by atoms with Gasteiger partial charge < -0.3 is 15.0 Å². The van der Waals surface area contributed by atoms with E-state index in [9.17, 15) is 0 Å². The van der Waals surface area contributed by atoms with Gasteiger partial charge in [-0.1, -0.05) is 35.3 Å². The lowest BCUT2D eigenvalue weighted by atomic mass is 10.2. The number of nitrogens with zero attached hydrogens (tertiary/aromatic N) is 3. The van der Waals surface area contributed by atoms with Crippen LogP contribution in [0.1, 0.15) is 5.56 Å². The van der Waals surface area contributed by atoms with Crippen molar-refractivity contribution in [2.24, 2.45) is 0 Å². The Kier molecular flexibility index (Phi) is 4.97. The number of hydrogen-bond acceptors (Lipinski definition) is 5. The first kappa shape index (κ1) is 15.3. The van der Waals surface area contributed by atoms with Crippen molar-refractivity contribution >= 4 is 29.0 Å². The minimum Gasteiger partial charge on any atom is -0.471 e. The van der Waals surface area contributed by atoms with Gasteiger partial charge in [-0.05, 0) is 17.7 Å². The zero-order valence-electron chi connectivity index (χ0n) is 11.9. The predicted octanol–water partition coefficient (Wildman–Crippen LogP) is 2.77. The first-order valence-corrected chi connectivity index (χ1v) is 7.83. The maximum atomic E-state index is 6.08. The summed E-state index contributed by atoms with van der Waals surface area (Å²) >= 11 is 12.0. The van der Waals surface area contributed by atoms with Gasteiger partial charge in [-0.3, -0.25) is 0 Å². The molecule has 1 N–H and O–H groups in total. The molecule has 7 heteroatoms. The molecule has 22 heavy (non-hydrogen) atoms. The van der Waals surface area contributed by atoms with Crippen LogP contribution >= 0.6 is 23.2 Å². The standard InChI is InChI=1S/C15H16Cl2N4O/c16-12-3-1-2-11(8-12)10-22-15-14(17)19-9-13(20-15)21-6-4-18-5-7-21/h1-3,8-9,18H,4-7,10H2. The Balaban J connectivity index is 1.72. The lowest BCUT2D eigenvalue weighted by Crippen LogP contribution is -2.43. The van der Waals surface area contributed by atoms with Crippen LogP contribution in [0.15, 0.2) is 30.5 Å². The monoisotopic (exact) mass is 338 g/mol. The highest BCUT2D eigenvalue weighted by Gasteiger charge is 2.15. The Bertz CT molecular complexity index is 647. The van der Waals surface area contributed by atoms with Crippen LogP contribution in [0.2, 0.25) is 10.2 Å². The Hall–Kier alpha value is -1.56. The van der Waals surface area contributed by atoms with Crippen molar-refractivity contribution in [1.82, 2.24) is 15.3 Å². The summed E-state index contributed by atoms with van der Waals surface area (Å²) in [4.78, 5) is 10.8. The van der Waals surface area contributed by atoms with Crippen molar-refractivity contribution in [1.29, 1.82) is 0 Å². The average molecular weight is 339 g/mol. The third kappa shape index (κ3) is 3.80. The molecular weight excluding hydrogens is 323 g/mol. The molecule has 116 valence electrons. The van der Waals surface area contributed by atoms with E-state index in [1.165, 1.54) is 0 Å². The molecule has 1 aliphatic rings. The van der Waals surface area contributed by atoms with Gasteiger partial charge >= 0.3 is 0 Å². The number of hydrogen-bond donors (Lipinski definition) is 1. The van der Waals surface area contributed by atoms with E-state index in [2.05, 4.69) is 20.2 Å². The number of aromatic nitrogens is 2. The van der Waals surface area contributed by atoms with Gasteiger partial charge in [-0.25, -0.2) is 4.98 Å². The Morgan fingerprint density at radius 2 is 2.05 bits per heavy atom. The molecule has 1 saturated heterocycles. The summed E-state index contributed by atoms with van der Waals surface area (Å²) in [5, 5.41) is 4.24. The fraction of sp³-hybridized carbons (Fsp3) is 0.333. The van der Waals surface area contributed by atoms with E-state index in [-0.39, 0.29) is 5.15 Å². The topological polar surface area (TPSA) is 50.3 Å². The smallest absolute Gasteiger partial charge is 0.254 e. The van der Waals surface area contributed by atoms with E-state index in [4.69, 9.17) is 27.9 Å². The van der Waals surface area contributed by atoms with Crippen LogP contribution in [-0.2, 0) is 6.61 Å². The van der Waals surface area contributed by atoms with Gasteiger partial charge in [0.2, 0.25) is 0 Å². The van der Waals surface area contributed by atoms with Crippen LogP contribution in [0.3, 0.4) is 0 Å². The SMILES string of the molecule is Clc1cccc(COc2nc(N3CCNCC3)cnc2Cl)c1. The van der Waals surface area contributed by atoms with Gasteiger partial charge in [0, 0.05) is 31.2 Å². The van der Waals surface area contributed by atoms with E-state index in [1.54, 1.807) is 6.20 Å². The van der Waals surface area contributed by atoms with Crippen LogP contribution in [0.25, 0.3) is 0 Å². The molecule has 0 bridgehead atoms. The zero-order valence-corrected chi connectivity index (χ0v) is 13.4. The molecule has 0 radical (unpaired) electrons. The van der Waals surface area contributed by atoms with Crippen LogP contribution < -0.4 is 15.0 Å². The minimum absolute atomic E-state index is 0.265. The average Bonchev–Trinajstić information content (AvgIpc) is 2.55. The molecule has 5 nitrogen and oxygen atoms in total. The number of benzene rings is 1. The second kappa shape index (κ2) is 7.13. The number of anilines is 1. The summed E-state index contributed by atoms with van der Waals surface area (Å²) < 4.78 is 5.70. The van der Waals surface area contributed by atoms with E-state index < -0.39 is 0 Å². The Labute approximate surface area is 139 Å². The lowest BCUT2D eigenvalue weighted by molar-refractivity contribution is 0.292. The van der Waals surface area contributed by atoms with E-state index in [0.29, 0.717) is 17.5 Å². The normalized spacial score (nSPS) is 14.9. The minimum atomic E-state index is 0.265. The molecule has 0 amide bonds. The van der Waals surface area contributed by atoms with Crippen molar-refractivity contribution < 1.29 is 4.74 Å². The van der Waals surface area contributed by atoms with Crippen molar-refractivity contribution in [3.8, 4) is 5.88 Å². The molecule has 2 heterocycles. The molecule has 1 fully saturated rings. The van der Waals surface area contributed by atoms with Crippen LogP contribution in [0.4, 0.5) is 5.82 Å². The molecule has 0 unspecified atom stereocenters. The van der Waals surface area contributed by atoms with Gasteiger partial charge in [0.1, 0.15) is 6.61 Å². The molecule has 1 aliphatic heterocycles. The molecule has 1 aromatic carbocycles. The molecule has 1 aromatic heterocycles. The highest BCUT2D eigenvalue weighted by Crippen LogP contribution is 2.24. The fourth-order valence-corrected chi connectivity index (χ4v) is 2.62. The van der Waals surface area contributed by atoms with Crippen LogP contribution in [0, 0.1) is 0 Å². The van der Waals surface area contributed by atoms with Crippen molar-refractivity contribution in [3.05, 3.63) is 46.2 Å². The maximum Gasteiger partial charge on any atom is 0.254 e. The molecule has 0 atom stereocenters. The number of nitrogens with one attached hydrogen (secondary N) is 1. The summed E-state index contributed by atoms with van der Waals surface area (Å²) in [7, 11) is 0. The second-order valence-electron chi connectivity index (χ2n) is 4.98. The summed E-state index contributed by atoms with van der Waals surface area (Å²) in [6, 6.07) is 7.49. The van der Waals surface area contributed by atoms with Gasteiger partial charge in [0.15, 0.2) is 11.0 Å². The predicted molar refractivity (Wildman–Crippen MR) is 87.9 cm³/mol. The molecular formula is C15H16Cl2N4O. The Morgan fingerprint density at radius 1 is 1.23 bits per heavy atom. The summed E-state index contributed by atoms with van der Waals surface area (Å²) in [5.74, 6) is 1.13. The summed E-state index contributed by atoms with van der Waals surface area (Å²) in [6.45, 7) is 4.00. The maximum absolute atomic E-state index is 6.08. The number of piperazine rings is 1. The molecule has 2 aromatic rings.